The Bertz CT molecular complexity index is 878. The molecule has 1 N–H and O–H groups in total. The van der Waals surface area contributed by atoms with Gasteiger partial charge in [-0.25, -0.2) is 0 Å². The molecule has 4 heteroatoms. The van der Waals surface area contributed by atoms with E-state index < -0.39 is 6.10 Å². The van der Waals surface area contributed by atoms with E-state index >= 15 is 0 Å². The second-order valence-electron chi connectivity index (χ2n) is 6.62. The summed E-state index contributed by atoms with van der Waals surface area (Å²) in [7, 11) is 0. The molecule has 1 aliphatic rings. The lowest BCUT2D eigenvalue weighted by molar-refractivity contribution is 0.0898. The molecule has 27 heavy (non-hydrogen) atoms. The molecule has 0 spiro atoms. The van der Waals surface area contributed by atoms with Gasteiger partial charge in [0.1, 0.15) is 37.1 Å². The van der Waals surface area contributed by atoms with E-state index in [2.05, 4.69) is 0 Å². The quantitative estimate of drug-likeness (QED) is 0.716. The van der Waals surface area contributed by atoms with Gasteiger partial charge in [-0.15, -0.1) is 0 Å². The van der Waals surface area contributed by atoms with E-state index in [1.54, 1.807) is 0 Å². The van der Waals surface area contributed by atoms with Gasteiger partial charge in [0.2, 0.25) is 0 Å². The van der Waals surface area contributed by atoms with Crippen molar-refractivity contribution in [1.29, 1.82) is 0 Å². The Morgan fingerprint density at radius 1 is 0.852 bits per heavy atom. The van der Waals surface area contributed by atoms with Gasteiger partial charge >= 0.3 is 0 Å². The molecule has 4 nitrogen and oxygen atoms in total. The lowest BCUT2D eigenvalue weighted by Crippen LogP contribution is -2.26. The molecule has 0 aliphatic carbocycles. The molecule has 0 amide bonds. The van der Waals surface area contributed by atoms with Gasteiger partial charge in [-0.2, -0.15) is 0 Å². The molecule has 1 aliphatic heterocycles. The number of hydrogen-bond acceptors (Lipinski definition) is 4. The minimum absolute atomic E-state index is 0.285. The molecular formula is C23H22O4. The molecule has 0 bridgehead atoms. The van der Waals surface area contributed by atoms with Crippen LogP contribution in [0.5, 0.6) is 17.2 Å². The topological polar surface area (TPSA) is 47.9 Å². The normalized spacial score (nSPS) is 15.5. The van der Waals surface area contributed by atoms with Crippen LogP contribution < -0.4 is 14.2 Å². The lowest BCUT2D eigenvalue weighted by Gasteiger charge is -2.25. The molecule has 0 saturated carbocycles. The van der Waals surface area contributed by atoms with E-state index in [4.69, 9.17) is 14.2 Å². The largest absolute Gasteiger partial charge is 0.490 e. The first kappa shape index (κ1) is 17.4. The summed E-state index contributed by atoms with van der Waals surface area (Å²) in [6.45, 7) is 1.21. The Kier molecular flexibility index (Phi) is 5.26. The third-order valence-electron chi connectivity index (χ3n) is 4.50. The number of aliphatic hydroxyl groups is 1. The third-order valence-corrected chi connectivity index (χ3v) is 4.50. The molecule has 0 saturated heterocycles. The average Bonchev–Trinajstić information content (AvgIpc) is 2.72. The summed E-state index contributed by atoms with van der Waals surface area (Å²) in [5.41, 5.74) is 3.06. The summed E-state index contributed by atoms with van der Waals surface area (Å²) in [5, 5.41) is 9.98. The maximum absolute atomic E-state index is 9.98. The lowest BCUT2D eigenvalue weighted by atomic mass is 10.0. The molecule has 1 atom stereocenters. The highest BCUT2D eigenvalue weighted by Crippen LogP contribution is 2.38. The van der Waals surface area contributed by atoms with Crippen molar-refractivity contribution in [3.05, 3.63) is 89.5 Å². The number of aliphatic hydroxyl groups excluding tert-OH is 1. The zero-order chi connectivity index (χ0) is 18.5. The molecule has 138 valence electrons. The fraction of sp³-hybridized carbons (Fsp3) is 0.217. The molecule has 1 heterocycles. The van der Waals surface area contributed by atoms with Crippen LogP contribution in [-0.2, 0) is 19.6 Å². The SMILES string of the molecule is OC1COc2cc(OCc3ccccc3)cc(OCc3ccccc3)c2C1. The van der Waals surface area contributed by atoms with Crippen LogP contribution in [0.4, 0.5) is 0 Å². The number of rotatable bonds is 6. The monoisotopic (exact) mass is 362 g/mol. The highest BCUT2D eigenvalue weighted by molar-refractivity contribution is 5.52. The van der Waals surface area contributed by atoms with Gasteiger partial charge in [-0.3, -0.25) is 0 Å². The second kappa shape index (κ2) is 8.14. The first-order chi connectivity index (χ1) is 13.3. The van der Waals surface area contributed by atoms with Gasteiger partial charge in [0.05, 0.1) is 6.10 Å². The molecular weight excluding hydrogens is 340 g/mol. The Morgan fingerprint density at radius 3 is 2.15 bits per heavy atom. The minimum atomic E-state index is -0.521. The first-order valence-corrected chi connectivity index (χ1v) is 9.09. The van der Waals surface area contributed by atoms with E-state index in [-0.39, 0.29) is 6.61 Å². The van der Waals surface area contributed by atoms with Crippen molar-refractivity contribution in [3.63, 3.8) is 0 Å². The highest BCUT2D eigenvalue weighted by Gasteiger charge is 2.23. The molecule has 0 radical (unpaired) electrons. The van der Waals surface area contributed by atoms with Gasteiger partial charge in [-0.1, -0.05) is 60.7 Å². The molecule has 3 aromatic carbocycles. The molecule has 0 aromatic heterocycles. The van der Waals surface area contributed by atoms with Crippen LogP contribution in [0.1, 0.15) is 16.7 Å². The smallest absolute Gasteiger partial charge is 0.130 e. The third kappa shape index (κ3) is 4.41. The summed E-state index contributed by atoms with van der Waals surface area (Å²) < 4.78 is 17.7. The van der Waals surface area contributed by atoms with Gasteiger partial charge in [-0.05, 0) is 11.1 Å². The predicted molar refractivity (Wildman–Crippen MR) is 103 cm³/mol. The number of ether oxygens (including phenoxy) is 3. The fourth-order valence-corrected chi connectivity index (χ4v) is 3.09. The van der Waals surface area contributed by atoms with Crippen LogP contribution >= 0.6 is 0 Å². The Hall–Kier alpha value is -2.98. The average molecular weight is 362 g/mol. The molecule has 3 aromatic rings. The maximum atomic E-state index is 9.98. The number of benzene rings is 3. The summed E-state index contributed by atoms with van der Waals surface area (Å²) in [4.78, 5) is 0. The van der Waals surface area contributed by atoms with Crippen molar-refractivity contribution in [2.24, 2.45) is 0 Å². The Balaban J connectivity index is 1.55. The van der Waals surface area contributed by atoms with E-state index in [1.165, 1.54) is 0 Å². The Labute approximate surface area is 158 Å². The summed E-state index contributed by atoms with van der Waals surface area (Å²) in [6, 6.07) is 23.8. The summed E-state index contributed by atoms with van der Waals surface area (Å²) >= 11 is 0. The van der Waals surface area contributed by atoms with Crippen LogP contribution in [0.25, 0.3) is 0 Å². The number of fused-ring (bicyclic) bond motifs is 1. The van der Waals surface area contributed by atoms with Crippen molar-refractivity contribution < 1.29 is 19.3 Å². The molecule has 0 fully saturated rings. The predicted octanol–water partition coefficient (Wildman–Crippen LogP) is 4.14. The van der Waals surface area contributed by atoms with Crippen LogP contribution in [0.2, 0.25) is 0 Å². The van der Waals surface area contributed by atoms with Crippen LogP contribution in [0.15, 0.2) is 72.8 Å². The standard InChI is InChI=1S/C23H22O4/c24-19-11-21-22(26-15-18-9-5-2-6-10-18)12-20(13-23(21)27-16-19)25-14-17-7-3-1-4-8-17/h1-10,12-13,19,24H,11,14-16H2. The zero-order valence-corrected chi connectivity index (χ0v) is 15.0. The van der Waals surface area contributed by atoms with Crippen molar-refractivity contribution in [1.82, 2.24) is 0 Å². The van der Waals surface area contributed by atoms with Crippen molar-refractivity contribution in [3.8, 4) is 17.2 Å². The van der Waals surface area contributed by atoms with Gasteiger partial charge in [0.15, 0.2) is 0 Å². The molecule has 4 rings (SSSR count). The van der Waals surface area contributed by atoms with Crippen LogP contribution in [0, 0.1) is 0 Å². The van der Waals surface area contributed by atoms with E-state index in [0.29, 0.717) is 36.9 Å². The second-order valence-corrected chi connectivity index (χ2v) is 6.62. The van der Waals surface area contributed by atoms with Gasteiger partial charge < -0.3 is 19.3 Å². The zero-order valence-electron chi connectivity index (χ0n) is 15.0. The van der Waals surface area contributed by atoms with Gasteiger partial charge in [0.25, 0.3) is 0 Å². The van der Waals surface area contributed by atoms with Gasteiger partial charge in [0, 0.05) is 24.1 Å². The van der Waals surface area contributed by atoms with Crippen LogP contribution in [0.3, 0.4) is 0 Å². The van der Waals surface area contributed by atoms with Crippen molar-refractivity contribution >= 4 is 0 Å². The van der Waals surface area contributed by atoms with Crippen molar-refractivity contribution in [2.45, 2.75) is 25.7 Å². The first-order valence-electron chi connectivity index (χ1n) is 9.09. The molecule has 1 unspecified atom stereocenters. The van der Waals surface area contributed by atoms with E-state index in [1.807, 2.05) is 72.8 Å². The fourth-order valence-electron chi connectivity index (χ4n) is 3.09. The van der Waals surface area contributed by atoms with E-state index in [0.717, 1.165) is 16.7 Å². The number of hydrogen-bond donors (Lipinski definition) is 1. The maximum Gasteiger partial charge on any atom is 0.130 e. The van der Waals surface area contributed by atoms with Crippen molar-refractivity contribution in [2.75, 3.05) is 6.61 Å². The van der Waals surface area contributed by atoms with E-state index in [9.17, 15) is 5.11 Å². The Morgan fingerprint density at radius 2 is 1.48 bits per heavy atom. The highest BCUT2D eigenvalue weighted by atomic mass is 16.5. The van der Waals surface area contributed by atoms with Crippen LogP contribution in [-0.4, -0.2) is 17.8 Å². The summed E-state index contributed by atoms with van der Waals surface area (Å²) in [5.74, 6) is 2.10. The summed E-state index contributed by atoms with van der Waals surface area (Å²) in [6.07, 6.45) is -0.00836. The minimum Gasteiger partial charge on any atom is -0.490 e.